The van der Waals surface area contributed by atoms with Crippen LogP contribution in [0.4, 0.5) is 0 Å². The van der Waals surface area contributed by atoms with E-state index in [2.05, 4.69) is 30.5 Å². The third-order valence-electron chi connectivity index (χ3n) is 13.6. The van der Waals surface area contributed by atoms with Crippen LogP contribution in [0.25, 0.3) is 0 Å². The van der Waals surface area contributed by atoms with Gasteiger partial charge in [0.15, 0.2) is 6.10 Å². The molecule has 6 heteroatoms. The van der Waals surface area contributed by atoms with E-state index in [0.29, 0.717) is 11.5 Å². The number of hydrogen-bond acceptors (Lipinski definition) is 5. The maximum Gasteiger partial charge on any atom is 0.303 e. The molecule has 9 unspecified atom stereocenters. The average Bonchev–Trinajstić information content (AvgIpc) is 3.26. The molecule has 4 aliphatic carbocycles. The fourth-order valence-electron chi connectivity index (χ4n) is 11.4. The number of carbonyl (C=O) groups is 2. The monoisotopic (exact) mass is 573 g/mol. The van der Waals surface area contributed by atoms with Crippen LogP contribution in [0.2, 0.25) is 0 Å². The Morgan fingerprint density at radius 3 is 2.07 bits per heavy atom. The predicted octanol–water partition coefficient (Wildman–Crippen LogP) is 6.60. The second-order valence-corrected chi connectivity index (χ2v) is 15.7. The third kappa shape index (κ3) is 5.99. The summed E-state index contributed by atoms with van der Waals surface area (Å²) in [6.45, 7) is 13.5. The number of quaternary nitrogens is 1. The molecule has 6 nitrogen and oxygen atoms in total. The number of likely N-dealkylation sites (N-methyl/N-ethyl adjacent to an activating group) is 1. The van der Waals surface area contributed by atoms with Crippen LogP contribution in [0.5, 0.6) is 0 Å². The molecule has 0 radical (unpaired) electrons. The van der Waals surface area contributed by atoms with Crippen LogP contribution in [-0.4, -0.2) is 79.8 Å². The van der Waals surface area contributed by atoms with Gasteiger partial charge in [0.2, 0.25) is 0 Å². The summed E-state index contributed by atoms with van der Waals surface area (Å²) in [4.78, 5) is 24.9. The van der Waals surface area contributed by atoms with E-state index in [4.69, 9.17) is 4.74 Å². The van der Waals surface area contributed by atoms with E-state index in [1.54, 1.807) is 6.92 Å². The lowest BCUT2D eigenvalue weighted by Gasteiger charge is -2.61. The first kappa shape index (κ1) is 31.3. The molecule has 0 amide bonds. The largest absolute Gasteiger partial charge is 0.469 e. The van der Waals surface area contributed by atoms with Crippen LogP contribution in [0, 0.1) is 34.5 Å². The normalized spacial score (nSPS) is 43.8. The summed E-state index contributed by atoms with van der Waals surface area (Å²) in [6.07, 6.45) is 19.6. The highest BCUT2D eigenvalue weighted by atomic mass is 16.5. The lowest BCUT2D eigenvalue weighted by molar-refractivity contribution is -0.940. The first-order valence-corrected chi connectivity index (χ1v) is 17.3. The highest BCUT2D eigenvalue weighted by Crippen LogP contribution is 2.67. The zero-order valence-corrected chi connectivity index (χ0v) is 27.3. The Bertz CT molecular complexity index is 927. The number of piperidine rings is 2. The van der Waals surface area contributed by atoms with Gasteiger partial charge in [0.05, 0.1) is 27.2 Å². The van der Waals surface area contributed by atoms with Gasteiger partial charge < -0.3 is 18.9 Å². The predicted molar refractivity (Wildman–Crippen MR) is 163 cm³/mol. The first-order valence-electron chi connectivity index (χ1n) is 17.3. The Hall–Kier alpha value is -1.14. The molecule has 0 aromatic rings. The minimum Gasteiger partial charge on any atom is -0.469 e. The summed E-state index contributed by atoms with van der Waals surface area (Å²) in [6, 6.07) is 1.34. The van der Waals surface area contributed by atoms with Gasteiger partial charge in [-0.25, -0.2) is 0 Å². The summed E-state index contributed by atoms with van der Waals surface area (Å²) >= 11 is 0. The Morgan fingerprint density at radius 1 is 0.805 bits per heavy atom. The molecule has 6 rings (SSSR count). The van der Waals surface area contributed by atoms with Crippen molar-refractivity contribution in [2.24, 2.45) is 34.5 Å². The first-order chi connectivity index (χ1) is 19.5. The van der Waals surface area contributed by atoms with E-state index < -0.39 is 0 Å². The van der Waals surface area contributed by atoms with Crippen molar-refractivity contribution >= 4 is 11.9 Å². The number of hydrogen-bond donors (Lipinski definition) is 0. The van der Waals surface area contributed by atoms with Crippen molar-refractivity contribution in [1.29, 1.82) is 0 Å². The lowest BCUT2D eigenvalue weighted by Crippen LogP contribution is -2.60. The molecule has 2 heterocycles. The van der Waals surface area contributed by atoms with E-state index >= 15 is 0 Å². The number of esters is 2. The van der Waals surface area contributed by atoms with Gasteiger partial charge in [0, 0.05) is 31.7 Å². The van der Waals surface area contributed by atoms with Crippen molar-refractivity contribution in [2.45, 2.75) is 136 Å². The van der Waals surface area contributed by atoms with Crippen LogP contribution in [0.3, 0.4) is 0 Å². The molecular formula is C35H61N2O4+. The fourth-order valence-corrected chi connectivity index (χ4v) is 11.4. The Kier molecular flexibility index (Phi) is 9.51. The summed E-state index contributed by atoms with van der Waals surface area (Å²) in [5, 5.41) is 0. The molecule has 0 aromatic heterocycles. The van der Waals surface area contributed by atoms with Crippen molar-refractivity contribution in [3.63, 3.8) is 0 Å². The Morgan fingerprint density at radius 2 is 1.44 bits per heavy atom. The maximum absolute atomic E-state index is 12.4. The minimum atomic E-state index is -0.245. The quantitative estimate of drug-likeness (QED) is 0.281. The molecule has 6 aliphatic rings. The highest BCUT2D eigenvalue weighted by molar-refractivity contribution is 5.66. The van der Waals surface area contributed by atoms with Gasteiger partial charge >= 0.3 is 11.9 Å². The molecule has 0 bridgehead atoms. The Balaban J connectivity index is 0.000000623. The summed E-state index contributed by atoms with van der Waals surface area (Å²) < 4.78 is 11.6. The van der Waals surface area contributed by atoms with Crippen molar-refractivity contribution in [2.75, 3.05) is 40.3 Å². The smallest absolute Gasteiger partial charge is 0.303 e. The van der Waals surface area contributed by atoms with Gasteiger partial charge in [-0.2, -0.15) is 0 Å². The molecule has 234 valence electrons. The maximum atomic E-state index is 12.4. The van der Waals surface area contributed by atoms with Gasteiger partial charge in [-0.1, -0.05) is 20.3 Å². The van der Waals surface area contributed by atoms with Crippen LogP contribution in [-0.2, 0) is 19.1 Å². The van der Waals surface area contributed by atoms with E-state index in [0.717, 1.165) is 34.2 Å². The minimum absolute atomic E-state index is 0.0510. The molecular weight excluding hydrogens is 512 g/mol. The van der Waals surface area contributed by atoms with Gasteiger partial charge in [-0.3, -0.25) is 9.59 Å². The van der Waals surface area contributed by atoms with Gasteiger partial charge in [0.25, 0.3) is 0 Å². The van der Waals surface area contributed by atoms with Crippen LogP contribution < -0.4 is 0 Å². The third-order valence-corrected chi connectivity index (χ3v) is 13.6. The summed E-state index contributed by atoms with van der Waals surface area (Å²) in [5.74, 6) is 3.10. The molecule has 6 fully saturated rings. The average molecular weight is 574 g/mol. The summed E-state index contributed by atoms with van der Waals surface area (Å²) in [5.41, 5.74) is 0.684. The number of carbonyl (C=O) groups excluding carboxylic acids is 2. The number of rotatable bonds is 3. The van der Waals surface area contributed by atoms with Crippen LogP contribution >= 0.6 is 0 Å². The fraction of sp³-hybridized carbons (Fsp3) is 0.943. The highest BCUT2D eigenvalue weighted by Gasteiger charge is 2.66. The second-order valence-electron chi connectivity index (χ2n) is 15.7. The number of nitrogens with zero attached hydrogens (tertiary/aromatic N) is 2. The second kappa shape index (κ2) is 12.5. The zero-order chi connectivity index (χ0) is 29.4. The van der Waals surface area contributed by atoms with Crippen molar-refractivity contribution in [3.8, 4) is 0 Å². The number of fused-ring (bicyclic) bond motifs is 5. The van der Waals surface area contributed by atoms with Crippen molar-refractivity contribution in [3.05, 3.63) is 0 Å². The topological polar surface area (TPSA) is 55.8 Å². The van der Waals surface area contributed by atoms with Crippen LogP contribution in [0.15, 0.2) is 0 Å². The molecule has 9 atom stereocenters. The molecule has 2 saturated heterocycles. The van der Waals surface area contributed by atoms with E-state index in [-0.39, 0.29) is 23.5 Å². The Labute approximate surface area is 250 Å². The SMILES string of the molecule is CC(=O)OC1C([N+]2(C)CCCCC2)CC2C3CCC4CCC(N5CCCCC5)CC4(C)C3CCC21C.COC(C)=O. The van der Waals surface area contributed by atoms with Gasteiger partial charge in [-0.05, 0) is 119 Å². The van der Waals surface area contributed by atoms with Gasteiger partial charge in [0.1, 0.15) is 6.04 Å². The van der Waals surface area contributed by atoms with E-state index in [1.165, 1.54) is 130 Å². The summed E-state index contributed by atoms with van der Waals surface area (Å²) in [7, 11) is 3.85. The molecule has 41 heavy (non-hydrogen) atoms. The number of methoxy groups -OCH3 is 1. The number of ether oxygens (including phenoxy) is 2. The zero-order valence-electron chi connectivity index (χ0n) is 27.3. The molecule has 4 saturated carbocycles. The van der Waals surface area contributed by atoms with E-state index in [9.17, 15) is 9.59 Å². The molecule has 0 spiro atoms. The van der Waals surface area contributed by atoms with Crippen LogP contribution in [0.1, 0.15) is 118 Å². The van der Waals surface area contributed by atoms with Crippen molar-refractivity contribution in [1.82, 2.24) is 4.90 Å². The molecule has 0 N–H and O–H groups in total. The van der Waals surface area contributed by atoms with Crippen molar-refractivity contribution < 1.29 is 23.5 Å². The lowest BCUT2D eigenvalue weighted by atomic mass is 9.45. The number of likely N-dealkylation sites (tertiary alicyclic amines) is 2. The molecule has 0 aromatic carbocycles. The molecule has 2 aliphatic heterocycles. The van der Waals surface area contributed by atoms with Gasteiger partial charge in [-0.15, -0.1) is 0 Å². The standard InChI is InChI=1S/C32H55N2O2.C3H6O2/c1-23(35)36-30-29(34(4)19-9-6-10-20-34)21-28-26-14-12-24-11-13-25(33-17-7-5-8-18-33)22-32(24,3)27(26)15-16-31(28,30)2;1-3(4)5-2/h24-30H,5-22H2,1-4H3;1-2H3/q+1;. The van der Waals surface area contributed by atoms with E-state index in [1.807, 2.05) is 0 Å².